The molecule has 2 N–H and O–H groups in total. The smallest absolute Gasteiger partial charge is 0.191 e. The number of benzene rings is 1. The highest BCUT2D eigenvalue weighted by atomic mass is 127. The van der Waals surface area contributed by atoms with E-state index in [1.165, 1.54) is 0 Å². The molecule has 0 aliphatic heterocycles. The standard InChI is InChI=1S/C17H21F2N5.HI/c1-20-17(21-10-12-9-13(18)7-8-15(12)19)22-11-14-5-4-6-16(23-14)24(2)3;/h4-9H,10-11H2,1-3H3,(H2,20,21,22);1H. The van der Waals surface area contributed by atoms with Crippen molar-refractivity contribution in [1.29, 1.82) is 0 Å². The van der Waals surface area contributed by atoms with Crippen LogP contribution in [-0.2, 0) is 13.1 Å². The van der Waals surface area contributed by atoms with Crippen molar-refractivity contribution in [2.45, 2.75) is 13.1 Å². The molecule has 136 valence electrons. The fraction of sp³-hybridized carbons (Fsp3) is 0.294. The second kappa shape index (κ2) is 10.1. The monoisotopic (exact) mass is 461 g/mol. The van der Waals surface area contributed by atoms with Crippen LogP contribution >= 0.6 is 24.0 Å². The van der Waals surface area contributed by atoms with Gasteiger partial charge in [0.1, 0.15) is 17.5 Å². The number of aromatic nitrogens is 1. The first-order chi connectivity index (χ1) is 11.5. The normalized spacial score (nSPS) is 10.8. The van der Waals surface area contributed by atoms with Gasteiger partial charge in [-0.3, -0.25) is 4.99 Å². The molecule has 0 fully saturated rings. The van der Waals surface area contributed by atoms with Gasteiger partial charge in [-0.25, -0.2) is 13.8 Å². The zero-order valence-electron chi connectivity index (χ0n) is 14.4. The molecule has 5 nitrogen and oxygen atoms in total. The number of hydrogen-bond acceptors (Lipinski definition) is 3. The zero-order valence-corrected chi connectivity index (χ0v) is 16.7. The average molecular weight is 461 g/mol. The van der Waals surface area contributed by atoms with Gasteiger partial charge in [-0.05, 0) is 30.3 Å². The molecule has 0 atom stereocenters. The van der Waals surface area contributed by atoms with Gasteiger partial charge in [-0.1, -0.05) is 6.07 Å². The predicted octanol–water partition coefficient (Wildman–Crippen LogP) is 2.91. The van der Waals surface area contributed by atoms with E-state index < -0.39 is 11.6 Å². The number of rotatable bonds is 5. The molecule has 0 aliphatic rings. The minimum absolute atomic E-state index is 0. The Labute approximate surface area is 163 Å². The van der Waals surface area contributed by atoms with Crippen LogP contribution in [0.4, 0.5) is 14.6 Å². The summed E-state index contributed by atoms with van der Waals surface area (Å²) in [5, 5.41) is 6.05. The number of pyridine rings is 1. The molecule has 0 bridgehead atoms. The van der Waals surface area contributed by atoms with Crippen molar-refractivity contribution in [2.75, 3.05) is 26.0 Å². The summed E-state index contributed by atoms with van der Waals surface area (Å²) in [4.78, 5) is 10.5. The molecular weight excluding hydrogens is 439 g/mol. The topological polar surface area (TPSA) is 52.6 Å². The van der Waals surface area contributed by atoms with Gasteiger partial charge in [-0.2, -0.15) is 0 Å². The maximum atomic E-state index is 13.6. The quantitative estimate of drug-likeness (QED) is 0.409. The number of halogens is 3. The van der Waals surface area contributed by atoms with Gasteiger partial charge >= 0.3 is 0 Å². The molecule has 0 aliphatic carbocycles. The van der Waals surface area contributed by atoms with Gasteiger partial charge < -0.3 is 15.5 Å². The van der Waals surface area contributed by atoms with E-state index in [4.69, 9.17) is 0 Å². The lowest BCUT2D eigenvalue weighted by atomic mass is 10.2. The zero-order chi connectivity index (χ0) is 17.5. The summed E-state index contributed by atoms with van der Waals surface area (Å²) in [5.74, 6) is 0.412. The van der Waals surface area contributed by atoms with Gasteiger partial charge in [0, 0.05) is 33.3 Å². The summed E-state index contributed by atoms with van der Waals surface area (Å²) in [6, 6.07) is 9.12. The fourth-order valence-electron chi connectivity index (χ4n) is 2.07. The Hall–Kier alpha value is -1.97. The third-order valence-corrected chi connectivity index (χ3v) is 3.36. The number of hydrogen-bond donors (Lipinski definition) is 2. The predicted molar refractivity (Wildman–Crippen MR) is 107 cm³/mol. The SMILES string of the molecule is CN=C(NCc1cccc(N(C)C)n1)NCc1cc(F)ccc1F.I. The first kappa shape index (κ1) is 21.1. The van der Waals surface area contributed by atoms with Crippen LogP contribution in [0.5, 0.6) is 0 Å². The maximum Gasteiger partial charge on any atom is 0.191 e. The summed E-state index contributed by atoms with van der Waals surface area (Å²) < 4.78 is 26.8. The fourth-order valence-corrected chi connectivity index (χ4v) is 2.07. The van der Waals surface area contributed by atoms with E-state index in [-0.39, 0.29) is 36.1 Å². The van der Waals surface area contributed by atoms with E-state index in [2.05, 4.69) is 20.6 Å². The molecule has 0 spiro atoms. The van der Waals surface area contributed by atoms with E-state index >= 15 is 0 Å². The van der Waals surface area contributed by atoms with E-state index in [0.29, 0.717) is 12.5 Å². The Kier molecular flexibility index (Phi) is 8.53. The van der Waals surface area contributed by atoms with Gasteiger partial charge in [-0.15, -0.1) is 24.0 Å². The van der Waals surface area contributed by atoms with Crippen molar-refractivity contribution in [3.63, 3.8) is 0 Å². The van der Waals surface area contributed by atoms with Crippen LogP contribution in [0.25, 0.3) is 0 Å². The maximum absolute atomic E-state index is 13.6. The van der Waals surface area contributed by atoms with Crippen LogP contribution in [0.1, 0.15) is 11.3 Å². The van der Waals surface area contributed by atoms with Crippen LogP contribution in [0.3, 0.4) is 0 Å². The molecule has 0 saturated carbocycles. The number of nitrogens with one attached hydrogen (secondary N) is 2. The second-order valence-electron chi connectivity index (χ2n) is 5.40. The minimum atomic E-state index is -0.471. The third-order valence-electron chi connectivity index (χ3n) is 3.36. The third kappa shape index (κ3) is 6.45. The molecule has 0 unspecified atom stereocenters. The second-order valence-corrected chi connectivity index (χ2v) is 5.40. The first-order valence-corrected chi connectivity index (χ1v) is 7.51. The lowest BCUT2D eigenvalue weighted by Crippen LogP contribution is -2.36. The Bertz CT molecular complexity index is 722. The highest BCUT2D eigenvalue weighted by Crippen LogP contribution is 2.09. The number of anilines is 1. The van der Waals surface area contributed by atoms with Crippen LogP contribution in [0.15, 0.2) is 41.4 Å². The minimum Gasteiger partial charge on any atom is -0.363 e. The molecule has 25 heavy (non-hydrogen) atoms. The largest absolute Gasteiger partial charge is 0.363 e. The van der Waals surface area contributed by atoms with E-state index in [9.17, 15) is 8.78 Å². The Morgan fingerprint density at radius 3 is 2.52 bits per heavy atom. The van der Waals surface area contributed by atoms with Crippen LogP contribution < -0.4 is 15.5 Å². The Morgan fingerprint density at radius 2 is 1.84 bits per heavy atom. The molecule has 2 rings (SSSR count). The lowest BCUT2D eigenvalue weighted by molar-refractivity contribution is 0.581. The van der Waals surface area contributed by atoms with E-state index in [1.54, 1.807) is 7.05 Å². The number of nitrogens with zero attached hydrogens (tertiary/aromatic N) is 3. The van der Waals surface area contributed by atoms with Crippen LogP contribution in [0, 0.1) is 11.6 Å². The molecule has 0 saturated heterocycles. The molecule has 0 amide bonds. The van der Waals surface area contributed by atoms with Crippen molar-refractivity contribution in [1.82, 2.24) is 15.6 Å². The van der Waals surface area contributed by atoms with E-state index in [0.717, 1.165) is 29.7 Å². The molecule has 2 aromatic rings. The number of aliphatic imine (C=N–C) groups is 1. The molecule has 8 heteroatoms. The van der Waals surface area contributed by atoms with Gasteiger partial charge in [0.2, 0.25) is 0 Å². The summed E-state index contributed by atoms with van der Waals surface area (Å²) >= 11 is 0. The average Bonchev–Trinajstić information content (AvgIpc) is 2.58. The summed E-state index contributed by atoms with van der Waals surface area (Å²) in [5.41, 5.74) is 1.09. The summed E-state index contributed by atoms with van der Waals surface area (Å²) in [7, 11) is 5.46. The lowest BCUT2D eigenvalue weighted by Gasteiger charge is -2.14. The first-order valence-electron chi connectivity index (χ1n) is 7.51. The van der Waals surface area contributed by atoms with Crippen molar-refractivity contribution >= 4 is 35.8 Å². The molecule has 1 aromatic carbocycles. The Morgan fingerprint density at radius 1 is 1.12 bits per heavy atom. The molecule has 1 aromatic heterocycles. The van der Waals surface area contributed by atoms with Gasteiger partial charge in [0.15, 0.2) is 5.96 Å². The van der Waals surface area contributed by atoms with Gasteiger partial charge in [0.05, 0.1) is 12.2 Å². The summed E-state index contributed by atoms with van der Waals surface area (Å²) in [6.45, 7) is 0.599. The molecular formula is C17H22F2IN5. The van der Waals surface area contributed by atoms with Crippen molar-refractivity contribution < 1.29 is 8.78 Å². The van der Waals surface area contributed by atoms with Crippen LogP contribution in [0.2, 0.25) is 0 Å². The highest BCUT2D eigenvalue weighted by molar-refractivity contribution is 14.0. The van der Waals surface area contributed by atoms with Crippen LogP contribution in [-0.4, -0.2) is 32.1 Å². The van der Waals surface area contributed by atoms with Gasteiger partial charge in [0.25, 0.3) is 0 Å². The summed E-state index contributed by atoms with van der Waals surface area (Å²) in [6.07, 6.45) is 0. The van der Waals surface area contributed by atoms with E-state index in [1.807, 2.05) is 37.2 Å². The highest BCUT2D eigenvalue weighted by Gasteiger charge is 2.06. The molecule has 1 heterocycles. The van der Waals surface area contributed by atoms with Crippen molar-refractivity contribution in [3.05, 3.63) is 59.3 Å². The van der Waals surface area contributed by atoms with Crippen molar-refractivity contribution in [2.24, 2.45) is 4.99 Å². The molecule has 0 radical (unpaired) electrons. The number of guanidine groups is 1. The Balaban J connectivity index is 0.00000312. The van der Waals surface area contributed by atoms with Crippen molar-refractivity contribution in [3.8, 4) is 0 Å².